The zero-order valence-corrected chi connectivity index (χ0v) is 15.3. The summed E-state index contributed by atoms with van der Waals surface area (Å²) in [6.45, 7) is 8.83. The highest BCUT2D eigenvalue weighted by Crippen LogP contribution is 2.38. The highest BCUT2D eigenvalue weighted by atomic mass is 79.9. The lowest BCUT2D eigenvalue weighted by Gasteiger charge is -2.32. The molecule has 1 aromatic rings. The summed E-state index contributed by atoms with van der Waals surface area (Å²) < 4.78 is 12.9. The van der Waals surface area contributed by atoms with Gasteiger partial charge in [0.2, 0.25) is 0 Å². The molecule has 0 atom stereocenters. The second-order valence-electron chi connectivity index (χ2n) is 6.55. The number of phenols is 1. The average molecular weight is 368 g/mol. The van der Waals surface area contributed by atoms with Gasteiger partial charge in [-0.15, -0.1) is 0 Å². The standard InChI is InChI=1S/C16H23BBrNO3/c1-15(2)16(3,4)22-17(21-15)12(10-19-5)8-11-6-7-14(20)13(18)9-11/h6-9,19-20H,10H2,1-5H3. The Morgan fingerprint density at radius 1 is 1.27 bits per heavy atom. The Morgan fingerprint density at radius 3 is 2.36 bits per heavy atom. The Hall–Kier alpha value is -0.815. The van der Waals surface area contributed by atoms with Crippen molar-refractivity contribution in [3.8, 4) is 5.75 Å². The molecule has 0 aliphatic carbocycles. The van der Waals surface area contributed by atoms with E-state index in [1.807, 2.05) is 53.0 Å². The van der Waals surface area contributed by atoms with Gasteiger partial charge in [-0.25, -0.2) is 0 Å². The van der Waals surface area contributed by atoms with Gasteiger partial charge in [-0.05, 0) is 73.8 Å². The predicted molar refractivity (Wildman–Crippen MR) is 93.8 cm³/mol. The molecule has 0 bridgehead atoms. The van der Waals surface area contributed by atoms with Gasteiger partial charge in [0.15, 0.2) is 0 Å². The number of hydrogen-bond acceptors (Lipinski definition) is 4. The molecule has 0 amide bonds. The summed E-state index contributed by atoms with van der Waals surface area (Å²) in [5.74, 6) is 0.225. The summed E-state index contributed by atoms with van der Waals surface area (Å²) in [7, 11) is 1.51. The average Bonchev–Trinajstić information content (AvgIpc) is 2.62. The van der Waals surface area contributed by atoms with Crippen LogP contribution in [0.15, 0.2) is 28.1 Å². The molecular formula is C16H23BBrNO3. The summed E-state index contributed by atoms with van der Waals surface area (Å²) in [6, 6.07) is 5.40. The molecule has 1 aliphatic rings. The Balaban J connectivity index is 2.31. The van der Waals surface area contributed by atoms with E-state index in [1.165, 1.54) is 0 Å². The van der Waals surface area contributed by atoms with Crippen LogP contribution in [0.1, 0.15) is 33.3 Å². The lowest BCUT2D eigenvalue weighted by molar-refractivity contribution is 0.00578. The molecule has 0 radical (unpaired) electrons. The number of halogens is 1. The first-order valence-electron chi connectivity index (χ1n) is 7.35. The van der Waals surface area contributed by atoms with Crippen molar-refractivity contribution in [3.05, 3.63) is 33.7 Å². The maximum absolute atomic E-state index is 9.60. The monoisotopic (exact) mass is 367 g/mol. The summed E-state index contributed by atoms with van der Waals surface area (Å²) in [5, 5.41) is 12.8. The maximum atomic E-state index is 9.60. The van der Waals surface area contributed by atoms with Gasteiger partial charge in [-0.3, -0.25) is 0 Å². The van der Waals surface area contributed by atoms with Crippen molar-refractivity contribution in [2.45, 2.75) is 38.9 Å². The van der Waals surface area contributed by atoms with Crippen LogP contribution in [0.2, 0.25) is 0 Å². The zero-order valence-electron chi connectivity index (χ0n) is 13.7. The highest BCUT2D eigenvalue weighted by molar-refractivity contribution is 9.10. The molecule has 22 heavy (non-hydrogen) atoms. The quantitative estimate of drug-likeness (QED) is 0.801. The number of nitrogens with one attached hydrogen (secondary N) is 1. The van der Waals surface area contributed by atoms with Crippen molar-refractivity contribution in [1.82, 2.24) is 5.32 Å². The topological polar surface area (TPSA) is 50.7 Å². The van der Waals surface area contributed by atoms with Crippen molar-refractivity contribution in [2.75, 3.05) is 13.6 Å². The number of phenolic OH excluding ortho intramolecular Hbond substituents is 1. The molecule has 2 rings (SSSR count). The van der Waals surface area contributed by atoms with Gasteiger partial charge < -0.3 is 19.7 Å². The fraction of sp³-hybridized carbons (Fsp3) is 0.500. The third-order valence-electron chi connectivity index (χ3n) is 4.26. The van der Waals surface area contributed by atoms with Crippen LogP contribution in [-0.2, 0) is 9.31 Å². The second-order valence-corrected chi connectivity index (χ2v) is 7.40. The molecular weight excluding hydrogens is 345 g/mol. The van der Waals surface area contributed by atoms with Gasteiger partial charge in [-0.1, -0.05) is 12.1 Å². The smallest absolute Gasteiger partial charge is 0.491 e. The Labute approximate surface area is 141 Å². The minimum atomic E-state index is -0.384. The molecule has 1 aromatic carbocycles. The molecule has 120 valence electrons. The van der Waals surface area contributed by atoms with Crippen LogP contribution >= 0.6 is 15.9 Å². The number of rotatable bonds is 4. The number of hydrogen-bond donors (Lipinski definition) is 2. The lowest BCUT2D eigenvalue weighted by atomic mass is 9.77. The number of aromatic hydroxyl groups is 1. The Bertz CT molecular complexity index is 571. The van der Waals surface area contributed by atoms with Gasteiger partial charge in [0, 0.05) is 6.54 Å². The minimum absolute atomic E-state index is 0.225. The third kappa shape index (κ3) is 3.57. The molecule has 0 unspecified atom stereocenters. The zero-order chi connectivity index (χ0) is 16.5. The van der Waals surface area contributed by atoms with E-state index in [2.05, 4.69) is 21.2 Å². The van der Waals surface area contributed by atoms with Crippen molar-refractivity contribution < 1.29 is 14.4 Å². The Kier molecular flexibility index (Phi) is 5.07. The fourth-order valence-corrected chi connectivity index (χ4v) is 2.62. The summed E-state index contributed by atoms with van der Waals surface area (Å²) in [5.41, 5.74) is 1.27. The first-order valence-corrected chi connectivity index (χ1v) is 8.15. The predicted octanol–water partition coefficient (Wildman–Crippen LogP) is 3.39. The van der Waals surface area contributed by atoms with E-state index in [0.29, 0.717) is 11.0 Å². The van der Waals surface area contributed by atoms with Gasteiger partial charge in [0.25, 0.3) is 0 Å². The molecule has 1 fully saturated rings. The van der Waals surface area contributed by atoms with Crippen molar-refractivity contribution >= 4 is 29.1 Å². The van der Waals surface area contributed by atoms with Gasteiger partial charge >= 0.3 is 7.12 Å². The third-order valence-corrected chi connectivity index (χ3v) is 4.90. The van der Waals surface area contributed by atoms with E-state index in [0.717, 1.165) is 11.0 Å². The molecule has 2 N–H and O–H groups in total. The molecule has 0 saturated carbocycles. The second kappa shape index (κ2) is 6.36. The van der Waals surface area contributed by atoms with Gasteiger partial charge in [0.05, 0.1) is 15.7 Å². The summed E-state index contributed by atoms with van der Waals surface area (Å²) >= 11 is 3.34. The van der Waals surface area contributed by atoms with E-state index in [9.17, 15) is 5.11 Å². The van der Waals surface area contributed by atoms with Crippen LogP contribution in [0.3, 0.4) is 0 Å². The van der Waals surface area contributed by atoms with E-state index in [4.69, 9.17) is 9.31 Å². The maximum Gasteiger partial charge on any atom is 0.491 e. The molecule has 1 heterocycles. The van der Waals surface area contributed by atoms with E-state index < -0.39 is 0 Å². The largest absolute Gasteiger partial charge is 0.507 e. The van der Waals surface area contributed by atoms with Crippen molar-refractivity contribution in [2.24, 2.45) is 0 Å². The Morgan fingerprint density at radius 2 is 1.86 bits per heavy atom. The van der Waals surface area contributed by atoms with E-state index >= 15 is 0 Å². The highest BCUT2D eigenvalue weighted by Gasteiger charge is 2.52. The lowest BCUT2D eigenvalue weighted by Crippen LogP contribution is -2.41. The molecule has 1 saturated heterocycles. The van der Waals surface area contributed by atoms with Crippen LogP contribution in [-0.4, -0.2) is 37.0 Å². The summed E-state index contributed by atoms with van der Waals surface area (Å²) in [6.07, 6.45) is 2.03. The van der Waals surface area contributed by atoms with Crippen LogP contribution < -0.4 is 5.32 Å². The van der Waals surface area contributed by atoms with Crippen LogP contribution in [0.4, 0.5) is 0 Å². The van der Waals surface area contributed by atoms with Gasteiger partial charge in [-0.2, -0.15) is 0 Å². The van der Waals surface area contributed by atoms with E-state index in [-0.39, 0.29) is 24.1 Å². The van der Waals surface area contributed by atoms with Gasteiger partial charge in [0.1, 0.15) is 5.75 Å². The molecule has 1 aliphatic heterocycles. The molecule has 6 heteroatoms. The van der Waals surface area contributed by atoms with Crippen molar-refractivity contribution in [1.29, 1.82) is 0 Å². The minimum Gasteiger partial charge on any atom is -0.507 e. The SMILES string of the molecule is CNCC(=Cc1ccc(O)c(Br)c1)B1OC(C)(C)C(C)(C)O1. The number of benzene rings is 1. The first kappa shape index (κ1) is 17.5. The van der Waals surface area contributed by atoms with Crippen molar-refractivity contribution in [3.63, 3.8) is 0 Å². The van der Waals surface area contributed by atoms with E-state index in [1.54, 1.807) is 6.07 Å². The molecule has 4 nitrogen and oxygen atoms in total. The molecule has 0 aromatic heterocycles. The van der Waals surface area contributed by atoms with Crippen LogP contribution in [0, 0.1) is 0 Å². The first-order chi connectivity index (χ1) is 10.2. The number of likely N-dealkylation sites (N-methyl/N-ethyl adjacent to an activating group) is 1. The summed E-state index contributed by atoms with van der Waals surface area (Å²) in [4.78, 5) is 0. The van der Waals surface area contributed by atoms with Crippen LogP contribution in [0.25, 0.3) is 6.08 Å². The molecule has 0 spiro atoms. The van der Waals surface area contributed by atoms with Crippen LogP contribution in [0.5, 0.6) is 5.75 Å². The normalized spacial score (nSPS) is 20.5. The fourth-order valence-electron chi connectivity index (χ4n) is 2.23.